The molecule has 0 aliphatic rings. The summed E-state index contributed by atoms with van der Waals surface area (Å²) in [6.45, 7) is 7.56. The smallest absolute Gasteiger partial charge is 0.336 e. The van der Waals surface area contributed by atoms with Crippen molar-refractivity contribution in [2.75, 3.05) is 0 Å². The van der Waals surface area contributed by atoms with E-state index < -0.39 is 11.9 Å². The zero-order valence-corrected chi connectivity index (χ0v) is 15.1. The van der Waals surface area contributed by atoms with Crippen LogP contribution in [-0.4, -0.2) is 22.2 Å². The van der Waals surface area contributed by atoms with E-state index in [1.807, 2.05) is 12.1 Å². The number of rotatable bonds is 6. The van der Waals surface area contributed by atoms with Crippen LogP contribution in [-0.2, 0) is 0 Å². The van der Waals surface area contributed by atoms with E-state index in [0.717, 1.165) is 5.56 Å². The summed E-state index contributed by atoms with van der Waals surface area (Å²) in [4.78, 5) is 24.2. The molecule has 0 heterocycles. The molecule has 28 heavy (non-hydrogen) atoms. The van der Waals surface area contributed by atoms with Gasteiger partial charge in [0.25, 0.3) is 0 Å². The second-order valence-electron chi connectivity index (χ2n) is 6.10. The minimum Gasteiger partial charge on any atom is -0.478 e. The molecule has 0 saturated carbocycles. The Hall–Kier alpha value is -3.92. The summed E-state index contributed by atoms with van der Waals surface area (Å²) >= 11 is 0. The number of carboxylic acid groups (broad SMARTS) is 2. The van der Waals surface area contributed by atoms with Gasteiger partial charge >= 0.3 is 11.9 Å². The van der Waals surface area contributed by atoms with Crippen LogP contribution in [0.5, 0.6) is 0 Å². The van der Waals surface area contributed by atoms with Crippen molar-refractivity contribution >= 4 is 24.1 Å². The minimum atomic E-state index is -1.20. The van der Waals surface area contributed by atoms with Crippen LogP contribution in [0.25, 0.3) is 34.4 Å². The molecule has 0 radical (unpaired) electrons. The average Bonchev–Trinajstić information content (AvgIpc) is 2.72. The highest BCUT2D eigenvalue weighted by atomic mass is 16.4. The van der Waals surface area contributed by atoms with Gasteiger partial charge in [0.05, 0.1) is 11.1 Å². The number of hydrogen-bond donors (Lipinski definition) is 2. The van der Waals surface area contributed by atoms with Crippen LogP contribution < -0.4 is 0 Å². The van der Waals surface area contributed by atoms with Crippen molar-refractivity contribution in [3.05, 3.63) is 96.1 Å². The average molecular weight is 370 g/mol. The van der Waals surface area contributed by atoms with Crippen molar-refractivity contribution in [2.24, 2.45) is 0 Å². The van der Waals surface area contributed by atoms with Crippen molar-refractivity contribution in [1.29, 1.82) is 0 Å². The quantitative estimate of drug-likeness (QED) is 0.583. The molecule has 0 unspecified atom stereocenters. The predicted molar refractivity (Wildman–Crippen MR) is 111 cm³/mol. The predicted octanol–water partition coefficient (Wildman–Crippen LogP) is 5.70. The lowest BCUT2D eigenvalue weighted by molar-refractivity contribution is 0.0696. The van der Waals surface area contributed by atoms with Gasteiger partial charge in [-0.05, 0) is 33.9 Å². The number of hydrogen-bond acceptors (Lipinski definition) is 2. The van der Waals surface area contributed by atoms with Crippen molar-refractivity contribution in [2.45, 2.75) is 0 Å². The van der Waals surface area contributed by atoms with Crippen molar-refractivity contribution < 1.29 is 19.8 Å². The van der Waals surface area contributed by atoms with Gasteiger partial charge in [-0.1, -0.05) is 79.9 Å². The zero-order valence-electron chi connectivity index (χ0n) is 15.1. The maximum absolute atomic E-state index is 12.3. The minimum absolute atomic E-state index is 0.0662. The summed E-state index contributed by atoms with van der Waals surface area (Å²) in [5, 5.41) is 19.8. The van der Waals surface area contributed by atoms with Gasteiger partial charge in [-0.25, -0.2) is 9.59 Å². The lowest BCUT2D eigenvalue weighted by Gasteiger charge is -2.18. The topological polar surface area (TPSA) is 74.6 Å². The Labute approximate surface area is 162 Å². The van der Waals surface area contributed by atoms with Crippen LogP contribution in [0.2, 0.25) is 0 Å². The SMILES string of the molecule is C=Cc1ccccc1-c1ccc(C(=O)O)c(-c2ccccc2C=C)c1C(=O)O. The number of benzene rings is 3. The van der Waals surface area contributed by atoms with Gasteiger partial charge < -0.3 is 10.2 Å². The summed E-state index contributed by atoms with van der Waals surface area (Å²) in [5.74, 6) is -2.40. The molecular formula is C24H18O4. The fourth-order valence-electron chi connectivity index (χ4n) is 3.33. The van der Waals surface area contributed by atoms with Gasteiger partial charge in [-0.15, -0.1) is 0 Å². The first-order valence-corrected chi connectivity index (χ1v) is 8.56. The normalized spacial score (nSPS) is 10.3. The summed E-state index contributed by atoms with van der Waals surface area (Å²) < 4.78 is 0. The molecule has 2 N–H and O–H groups in total. The van der Waals surface area contributed by atoms with E-state index in [0.29, 0.717) is 22.3 Å². The standard InChI is InChI=1S/C24H18O4/c1-3-15-9-5-7-11-17(15)19-13-14-20(23(25)26)21(22(19)24(27)28)18-12-8-6-10-16(18)4-2/h3-14H,1-2H2,(H,25,26)(H,27,28). The summed E-state index contributed by atoms with van der Waals surface area (Å²) in [7, 11) is 0. The monoisotopic (exact) mass is 370 g/mol. The molecule has 4 heteroatoms. The molecule has 0 atom stereocenters. The van der Waals surface area contributed by atoms with Crippen LogP contribution in [0.15, 0.2) is 73.8 Å². The molecular weight excluding hydrogens is 352 g/mol. The molecule has 3 aromatic carbocycles. The van der Waals surface area contributed by atoms with Gasteiger partial charge in [0.2, 0.25) is 0 Å². The maximum Gasteiger partial charge on any atom is 0.336 e. The van der Waals surface area contributed by atoms with E-state index in [9.17, 15) is 19.8 Å². The van der Waals surface area contributed by atoms with E-state index in [1.54, 1.807) is 48.6 Å². The first kappa shape index (κ1) is 18.9. The molecule has 0 amide bonds. The van der Waals surface area contributed by atoms with Gasteiger partial charge in [0.1, 0.15) is 0 Å². The third-order valence-corrected chi connectivity index (χ3v) is 4.57. The highest BCUT2D eigenvalue weighted by Crippen LogP contribution is 2.38. The number of carbonyl (C=O) groups is 2. The Morgan fingerprint density at radius 3 is 1.75 bits per heavy atom. The van der Waals surface area contributed by atoms with Crippen LogP contribution in [0.4, 0.5) is 0 Å². The second-order valence-corrected chi connectivity index (χ2v) is 6.10. The van der Waals surface area contributed by atoms with Crippen molar-refractivity contribution in [3.63, 3.8) is 0 Å². The van der Waals surface area contributed by atoms with Gasteiger partial charge in [-0.3, -0.25) is 0 Å². The fraction of sp³-hybridized carbons (Fsp3) is 0. The Balaban J connectivity index is 2.49. The molecule has 0 aliphatic heterocycles. The summed E-state index contributed by atoms with van der Waals surface area (Å²) in [6, 6.07) is 17.2. The summed E-state index contributed by atoms with van der Waals surface area (Å²) in [6.07, 6.45) is 3.22. The lowest BCUT2D eigenvalue weighted by Crippen LogP contribution is -2.10. The zero-order chi connectivity index (χ0) is 20.3. The Bertz CT molecular complexity index is 1110. The molecule has 3 aromatic rings. The first-order valence-electron chi connectivity index (χ1n) is 8.56. The lowest BCUT2D eigenvalue weighted by atomic mass is 9.85. The van der Waals surface area contributed by atoms with Crippen molar-refractivity contribution in [1.82, 2.24) is 0 Å². The van der Waals surface area contributed by atoms with Crippen LogP contribution >= 0.6 is 0 Å². The van der Waals surface area contributed by atoms with Crippen LogP contribution in [0.3, 0.4) is 0 Å². The highest BCUT2D eigenvalue weighted by Gasteiger charge is 2.25. The van der Waals surface area contributed by atoms with E-state index >= 15 is 0 Å². The van der Waals surface area contributed by atoms with Gasteiger partial charge in [0, 0.05) is 5.56 Å². The second kappa shape index (κ2) is 7.76. The van der Waals surface area contributed by atoms with Gasteiger partial charge in [-0.2, -0.15) is 0 Å². The van der Waals surface area contributed by atoms with Crippen molar-refractivity contribution in [3.8, 4) is 22.3 Å². The Morgan fingerprint density at radius 2 is 1.21 bits per heavy atom. The third-order valence-electron chi connectivity index (χ3n) is 4.57. The molecule has 3 rings (SSSR count). The summed E-state index contributed by atoms with van der Waals surface area (Å²) in [5.41, 5.74) is 3.04. The van der Waals surface area contributed by atoms with E-state index in [2.05, 4.69) is 13.2 Å². The Kier molecular flexibility index (Phi) is 5.23. The molecule has 0 fully saturated rings. The maximum atomic E-state index is 12.3. The number of aromatic carboxylic acids is 2. The first-order chi connectivity index (χ1) is 13.5. The molecule has 0 aliphatic carbocycles. The molecule has 4 nitrogen and oxygen atoms in total. The Morgan fingerprint density at radius 1 is 0.679 bits per heavy atom. The third kappa shape index (κ3) is 3.23. The van der Waals surface area contributed by atoms with Crippen LogP contribution in [0.1, 0.15) is 31.8 Å². The number of carboxylic acids is 2. The van der Waals surface area contributed by atoms with Crippen LogP contribution in [0, 0.1) is 0 Å². The molecule has 0 saturated heterocycles. The van der Waals surface area contributed by atoms with E-state index in [-0.39, 0.29) is 16.7 Å². The largest absolute Gasteiger partial charge is 0.478 e. The molecule has 0 spiro atoms. The molecule has 0 bridgehead atoms. The highest BCUT2D eigenvalue weighted by molar-refractivity contribution is 6.10. The molecule has 138 valence electrons. The van der Waals surface area contributed by atoms with E-state index in [1.165, 1.54) is 12.1 Å². The van der Waals surface area contributed by atoms with Gasteiger partial charge in [0.15, 0.2) is 0 Å². The van der Waals surface area contributed by atoms with E-state index in [4.69, 9.17) is 0 Å². The molecule has 0 aromatic heterocycles. The fourth-order valence-corrected chi connectivity index (χ4v) is 3.33.